The first-order valence-electron chi connectivity index (χ1n) is 5.54. The van der Waals surface area contributed by atoms with Crippen LogP contribution in [0.3, 0.4) is 0 Å². The Morgan fingerprint density at radius 1 is 1.47 bits per heavy atom. The number of nitrogens with one attached hydrogen (secondary N) is 1. The van der Waals surface area contributed by atoms with Crippen LogP contribution < -0.4 is 10.5 Å². The molecule has 1 saturated heterocycles. The van der Waals surface area contributed by atoms with Crippen molar-refractivity contribution < 1.29 is 18.1 Å². The molecule has 104 valence electrons. The quantitative estimate of drug-likeness (QED) is 0.464. The predicted octanol–water partition coefficient (Wildman–Crippen LogP) is 0.244. The summed E-state index contributed by atoms with van der Waals surface area (Å²) in [4.78, 5) is 9.73. The molecule has 8 nitrogen and oxygen atoms in total. The van der Waals surface area contributed by atoms with Crippen LogP contribution in [0.15, 0.2) is 23.1 Å². The van der Waals surface area contributed by atoms with E-state index in [1.165, 1.54) is 6.07 Å². The normalized spacial score (nSPS) is 19.5. The summed E-state index contributed by atoms with van der Waals surface area (Å²) in [7, 11) is -3.96. The number of benzene rings is 1. The van der Waals surface area contributed by atoms with Crippen LogP contribution in [0, 0.1) is 10.1 Å². The van der Waals surface area contributed by atoms with Crippen LogP contribution in [-0.2, 0) is 14.8 Å². The average Bonchev–Trinajstić information content (AvgIpc) is 2.80. The standard InChI is InChI=1S/C10H13N3O5S/c11-7-1-2-10(9(5-7)13(14)15)19(16,17)12-8-3-4-18-6-8/h1-2,5,8,12H,3-4,6,11H2. The lowest BCUT2D eigenvalue weighted by Crippen LogP contribution is -2.35. The van der Waals surface area contributed by atoms with Gasteiger partial charge < -0.3 is 10.5 Å². The lowest BCUT2D eigenvalue weighted by molar-refractivity contribution is -0.387. The fraction of sp³-hybridized carbons (Fsp3) is 0.400. The first kappa shape index (κ1) is 13.7. The van der Waals surface area contributed by atoms with E-state index >= 15 is 0 Å². The van der Waals surface area contributed by atoms with E-state index in [4.69, 9.17) is 10.5 Å². The van der Waals surface area contributed by atoms with Gasteiger partial charge in [0.2, 0.25) is 10.0 Å². The first-order valence-corrected chi connectivity index (χ1v) is 7.02. The molecule has 1 aromatic carbocycles. The number of nitrogens with zero attached hydrogens (tertiary/aromatic N) is 1. The second kappa shape index (κ2) is 5.11. The number of hydrogen-bond donors (Lipinski definition) is 2. The van der Waals surface area contributed by atoms with Crippen LogP contribution in [0.4, 0.5) is 11.4 Å². The SMILES string of the molecule is Nc1ccc(S(=O)(=O)NC2CCOC2)c([N+](=O)[O-])c1. The zero-order valence-corrected chi connectivity index (χ0v) is 10.7. The fourth-order valence-corrected chi connectivity index (χ4v) is 3.22. The van der Waals surface area contributed by atoms with Gasteiger partial charge in [-0.1, -0.05) is 0 Å². The van der Waals surface area contributed by atoms with Crippen LogP contribution >= 0.6 is 0 Å². The number of nitro groups is 1. The molecule has 3 N–H and O–H groups in total. The monoisotopic (exact) mass is 287 g/mol. The smallest absolute Gasteiger partial charge is 0.291 e. The largest absolute Gasteiger partial charge is 0.399 e. The molecule has 1 aromatic rings. The molecule has 0 radical (unpaired) electrons. The van der Waals surface area contributed by atoms with E-state index in [2.05, 4.69) is 4.72 Å². The van der Waals surface area contributed by atoms with Gasteiger partial charge in [-0.2, -0.15) is 0 Å². The average molecular weight is 287 g/mol. The Labute approximate surface area is 109 Å². The topological polar surface area (TPSA) is 125 Å². The van der Waals surface area contributed by atoms with Crippen LogP contribution in [0.5, 0.6) is 0 Å². The summed E-state index contributed by atoms with van der Waals surface area (Å²) in [6.07, 6.45) is 0.544. The Kier molecular flexibility index (Phi) is 3.69. The van der Waals surface area contributed by atoms with Gasteiger partial charge in [-0.25, -0.2) is 13.1 Å². The third-order valence-electron chi connectivity index (χ3n) is 2.72. The minimum Gasteiger partial charge on any atom is -0.399 e. The molecule has 1 aliphatic rings. The molecule has 0 aliphatic carbocycles. The molecule has 0 amide bonds. The van der Waals surface area contributed by atoms with Gasteiger partial charge in [0.05, 0.1) is 11.5 Å². The predicted molar refractivity (Wildman–Crippen MR) is 67.1 cm³/mol. The van der Waals surface area contributed by atoms with Crippen molar-refractivity contribution in [3.05, 3.63) is 28.3 Å². The molecule has 1 heterocycles. The molecule has 1 aliphatic heterocycles. The van der Waals surface area contributed by atoms with Crippen molar-refractivity contribution >= 4 is 21.4 Å². The zero-order chi connectivity index (χ0) is 14.0. The Morgan fingerprint density at radius 3 is 2.79 bits per heavy atom. The molecule has 19 heavy (non-hydrogen) atoms. The van der Waals surface area contributed by atoms with Gasteiger partial charge in [-0.05, 0) is 18.6 Å². The maximum absolute atomic E-state index is 12.1. The number of nitrogen functional groups attached to an aromatic ring is 1. The van der Waals surface area contributed by atoms with Gasteiger partial charge in [0, 0.05) is 24.4 Å². The third kappa shape index (κ3) is 3.00. The van der Waals surface area contributed by atoms with Gasteiger partial charge in [0.1, 0.15) is 0 Å². The molecule has 2 rings (SSSR count). The molecular weight excluding hydrogens is 274 g/mol. The number of sulfonamides is 1. The summed E-state index contributed by atoms with van der Waals surface area (Å²) >= 11 is 0. The maximum atomic E-state index is 12.1. The van der Waals surface area contributed by atoms with Crippen molar-refractivity contribution in [1.29, 1.82) is 0 Å². The van der Waals surface area contributed by atoms with Crippen molar-refractivity contribution in [3.63, 3.8) is 0 Å². The van der Waals surface area contributed by atoms with Gasteiger partial charge in [0.25, 0.3) is 5.69 Å². The molecule has 0 spiro atoms. The maximum Gasteiger partial charge on any atom is 0.291 e. The zero-order valence-electron chi connectivity index (χ0n) is 9.90. The highest BCUT2D eigenvalue weighted by atomic mass is 32.2. The summed E-state index contributed by atoms with van der Waals surface area (Å²) in [6.45, 7) is 0.735. The van der Waals surface area contributed by atoms with E-state index < -0.39 is 25.5 Å². The molecule has 1 atom stereocenters. The highest BCUT2D eigenvalue weighted by Crippen LogP contribution is 2.26. The Balaban J connectivity index is 2.36. The number of nitrogens with two attached hydrogens (primary N) is 1. The van der Waals surface area contributed by atoms with Gasteiger partial charge in [-0.15, -0.1) is 0 Å². The summed E-state index contributed by atoms with van der Waals surface area (Å²) in [5.41, 5.74) is 5.03. The lowest BCUT2D eigenvalue weighted by atomic mass is 10.3. The van der Waals surface area contributed by atoms with Crippen molar-refractivity contribution in [2.45, 2.75) is 17.4 Å². The molecule has 1 unspecified atom stereocenters. The Bertz CT molecular complexity index is 595. The summed E-state index contributed by atoms with van der Waals surface area (Å²) in [5.74, 6) is 0. The molecule has 0 bridgehead atoms. The third-order valence-corrected chi connectivity index (χ3v) is 4.29. The van der Waals surface area contributed by atoms with Crippen molar-refractivity contribution in [1.82, 2.24) is 4.72 Å². The molecule has 9 heteroatoms. The van der Waals surface area contributed by atoms with Crippen LogP contribution in [0.2, 0.25) is 0 Å². The molecular formula is C10H13N3O5S. The fourth-order valence-electron chi connectivity index (χ4n) is 1.81. The second-order valence-corrected chi connectivity index (χ2v) is 5.85. The highest BCUT2D eigenvalue weighted by molar-refractivity contribution is 7.89. The minimum atomic E-state index is -3.96. The van der Waals surface area contributed by atoms with Gasteiger partial charge in [-0.3, -0.25) is 10.1 Å². The van der Waals surface area contributed by atoms with E-state index in [0.29, 0.717) is 13.0 Å². The van der Waals surface area contributed by atoms with Gasteiger partial charge >= 0.3 is 0 Å². The summed E-state index contributed by atoms with van der Waals surface area (Å²) in [6, 6.07) is 3.11. The number of hydrogen-bond acceptors (Lipinski definition) is 6. The van der Waals surface area contributed by atoms with Crippen LogP contribution in [0.1, 0.15) is 6.42 Å². The number of rotatable bonds is 4. The second-order valence-electron chi connectivity index (χ2n) is 4.17. The summed E-state index contributed by atoms with van der Waals surface area (Å²) in [5, 5.41) is 10.9. The molecule has 1 fully saturated rings. The lowest BCUT2D eigenvalue weighted by Gasteiger charge is -2.11. The van der Waals surface area contributed by atoms with E-state index in [-0.39, 0.29) is 18.3 Å². The number of anilines is 1. The van der Waals surface area contributed by atoms with Crippen LogP contribution in [-0.4, -0.2) is 32.6 Å². The van der Waals surface area contributed by atoms with Gasteiger partial charge in [0.15, 0.2) is 4.90 Å². The van der Waals surface area contributed by atoms with Crippen molar-refractivity contribution in [2.75, 3.05) is 18.9 Å². The number of ether oxygens (including phenoxy) is 1. The van der Waals surface area contributed by atoms with Crippen molar-refractivity contribution in [3.8, 4) is 0 Å². The Morgan fingerprint density at radius 2 is 2.21 bits per heavy atom. The highest BCUT2D eigenvalue weighted by Gasteiger charge is 2.29. The van der Waals surface area contributed by atoms with Crippen molar-refractivity contribution in [2.24, 2.45) is 0 Å². The minimum absolute atomic E-state index is 0.134. The summed E-state index contributed by atoms with van der Waals surface area (Å²) < 4.78 is 31.7. The van der Waals surface area contributed by atoms with Crippen LogP contribution in [0.25, 0.3) is 0 Å². The van der Waals surface area contributed by atoms with E-state index in [1.807, 2.05) is 0 Å². The van der Waals surface area contributed by atoms with E-state index in [9.17, 15) is 18.5 Å². The first-order chi connectivity index (χ1) is 8.90. The molecule has 0 aromatic heterocycles. The van der Waals surface area contributed by atoms with E-state index in [0.717, 1.165) is 12.1 Å². The molecule has 0 saturated carbocycles. The van der Waals surface area contributed by atoms with E-state index in [1.54, 1.807) is 0 Å². The Hall–Kier alpha value is -1.71. The number of nitro benzene ring substituents is 1.